The first kappa shape index (κ1) is 24.4. The number of amides is 1. The fraction of sp³-hybridized carbons (Fsp3) is 0.333. The molecule has 1 saturated heterocycles. The maximum Gasteiger partial charge on any atom is 0.243 e. The smallest absolute Gasteiger partial charge is 0.243 e. The number of nitrogens with zero attached hydrogens (tertiary/aromatic N) is 2. The van der Waals surface area contributed by atoms with E-state index in [2.05, 4.69) is 15.6 Å². The molecule has 2 heterocycles. The van der Waals surface area contributed by atoms with E-state index in [1.807, 2.05) is 24.3 Å². The van der Waals surface area contributed by atoms with E-state index in [0.717, 1.165) is 35.1 Å². The molecule has 0 radical (unpaired) electrons. The van der Waals surface area contributed by atoms with Gasteiger partial charge in [-0.3, -0.25) is 9.78 Å². The highest BCUT2D eigenvalue weighted by Crippen LogP contribution is 2.25. The molecule has 0 bridgehead atoms. The van der Waals surface area contributed by atoms with E-state index >= 15 is 0 Å². The van der Waals surface area contributed by atoms with Crippen molar-refractivity contribution in [1.29, 1.82) is 0 Å². The third-order valence-corrected chi connectivity index (χ3v) is 8.10. The van der Waals surface area contributed by atoms with Gasteiger partial charge in [-0.05, 0) is 67.8 Å². The summed E-state index contributed by atoms with van der Waals surface area (Å²) in [5, 5.41) is 7.95. The molecule has 1 aliphatic rings. The van der Waals surface area contributed by atoms with Crippen LogP contribution in [0.3, 0.4) is 0 Å². The minimum atomic E-state index is -3.68. The number of anilines is 1. The van der Waals surface area contributed by atoms with Crippen LogP contribution in [0.4, 0.5) is 10.1 Å². The highest BCUT2D eigenvalue weighted by atomic mass is 35.5. The molecule has 0 spiro atoms. The summed E-state index contributed by atoms with van der Waals surface area (Å²) in [6.45, 7) is 1.72. The van der Waals surface area contributed by atoms with Gasteiger partial charge in [-0.15, -0.1) is 0 Å². The molecule has 1 amide bonds. The SMILES string of the molecule is O=C(NCCCNc1ccnc2cc(Cl)ccc12)C1CCN(S(=O)(=O)c2ccc(F)cc2)CC1. The van der Waals surface area contributed by atoms with E-state index in [9.17, 15) is 17.6 Å². The van der Waals surface area contributed by atoms with Crippen molar-refractivity contribution in [2.24, 2.45) is 5.92 Å². The van der Waals surface area contributed by atoms with E-state index < -0.39 is 15.8 Å². The van der Waals surface area contributed by atoms with Crippen molar-refractivity contribution in [3.63, 3.8) is 0 Å². The summed E-state index contributed by atoms with van der Waals surface area (Å²) in [5.74, 6) is -0.757. The fourth-order valence-electron chi connectivity index (χ4n) is 4.06. The van der Waals surface area contributed by atoms with E-state index in [-0.39, 0.29) is 29.8 Å². The number of aromatic nitrogens is 1. The van der Waals surface area contributed by atoms with Crippen molar-refractivity contribution < 1.29 is 17.6 Å². The minimum absolute atomic E-state index is 0.0529. The first-order chi connectivity index (χ1) is 16.3. The Morgan fingerprint density at radius 1 is 1.09 bits per heavy atom. The monoisotopic (exact) mass is 504 g/mol. The number of piperidine rings is 1. The van der Waals surface area contributed by atoms with Crippen molar-refractivity contribution in [2.45, 2.75) is 24.2 Å². The molecule has 2 N–H and O–H groups in total. The predicted octanol–water partition coefficient (Wildman–Crippen LogP) is 4.05. The molecule has 2 aromatic carbocycles. The average molecular weight is 505 g/mol. The largest absolute Gasteiger partial charge is 0.384 e. The fourth-order valence-corrected chi connectivity index (χ4v) is 5.69. The number of rotatable bonds is 8. The zero-order chi connectivity index (χ0) is 24.1. The van der Waals surface area contributed by atoms with Gasteiger partial charge in [0.05, 0.1) is 10.4 Å². The quantitative estimate of drug-likeness (QED) is 0.452. The van der Waals surface area contributed by atoms with Crippen LogP contribution < -0.4 is 10.6 Å². The van der Waals surface area contributed by atoms with Gasteiger partial charge in [0.1, 0.15) is 5.82 Å². The summed E-state index contributed by atoms with van der Waals surface area (Å²) < 4.78 is 39.9. The van der Waals surface area contributed by atoms with E-state index in [0.29, 0.717) is 31.0 Å². The Kier molecular flexibility index (Phi) is 7.65. The normalized spacial score (nSPS) is 15.4. The van der Waals surface area contributed by atoms with Crippen LogP contribution in [-0.4, -0.2) is 49.8 Å². The standard InChI is InChI=1S/C24H26ClFN4O3S/c25-18-2-7-21-22(8-13-28-23(21)16-18)27-11-1-12-29-24(31)17-9-14-30(15-10-17)34(32,33)20-5-3-19(26)4-6-20/h2-8,13,16-17H,1,9-12,14-15H2,(H,27,28)(H,29,31). The molecule has 1 aromatic heterocycles. The van der Waals surface area contributed by atoms with Crippen LogP contribution in [0, 0.1) is 11.7 Å². The second kappa shape index (κ2) is 10.7. The summed E-state index contributed by atoms with van der Waals surface area (Å²) in [6.07, 6.45) is 3.37. The average Bonchev–Trinajstić information content (AvgIpc) is 2.84. The van der Waals surface area contributed by atoms with Crippen LogP contribution >= 0.6 is 11.6 Å². The Morgan fingerprint density at radius 2 is 1.82 bits per heavy atom. The Morgan fingerprint density at radius 3 is 2.56 bits per heavy atom. The predicted molar refractivity (Wildman–Crippen MR) is 131 cm³/mol. The van der Waals surface area contributed by atoms with Gasteiger partial charge in [-0.1, -0.05) is 11.6 Å². The molecular formula is C24H26ClFN4O3S. The summed E-state index contributed by atoms with van der Waals surface area (Å²) in [5.41, 5.74) is 1.78. The first-order valence-electron chi connectivity index (χ1n) is 11.2. The van der Waals surface area contributed by atoms with Crippen LogP contribution in [0.25, 0.3) is 10.9 Å². The molecular weight excluding hydrogens is 479 g/mol. The summed E-state index contributed by atoms with van der Waals surface area (Å²) in [4.78, 5) is 16.9. The van der Waals surface area contributed by atoms with Crippen molar-refractivity contribution in [3.05, 3.63) is 65.6 Å². The van der Waals surface area contributed by atoms with Crippen molar-refractivity contribution in [3.8, 4) is 0 Å². The van der Waals surface area contributed by atoms with Gasteiger partial charge in [0, 0.05) is 54.4 Å². The molecule has 0 saturated carbocycles. The minimum Gasteiger partial charge on any atom is -0.384 e. The van der Waals surface area contributed by atoms with E-state index in [1.165, 1.54) is 16.4 Å². The molecule has 0 atom stereocenters. The molecule has 180 valence electrons. The molecule has 10 heteroatoms. The number of hydrogen-bond acceptors (Lipinski definition) is 5. The number of halogens is 2. The van der Waals surface area contributed by atoms with E-state index in [4.69, 9.17) is 11.6 Å². The lowest BCUT2D eigenvalue weighted by Crippen LogP contribution is -2.43. The topological polar surface area (TPSA) is 91.4 Å². The van der Waals surface area contributed by atoms with E-state index in [1.54, 1.807) is 6.20 Å². The maximum absolute atomic E-state index is 13.1. The number of sulfonamides is 1. The van der Waals surface area contributed by atoms with Gasteiger partial charge in [-0.25, -0.2) is 12.8 Å². The van der Waals surface area contributed by atoms with Gasteiger partial charge >= 0.3 is 0 Å². The molecule has 1 fully saturated rings. The molecule has 7 nitrogen and oxygen atoms in total. The van der Waals surface area contributed by atoms with Crippen LogP contribution in [0.2, 0.25) is 5.02 Å². The summed E-state index contributed by atoms with van der Waals surface area (Å²) in [7, 11) is -3.68. The Balaban J connectivity index is 1.20. The lowest BCUT2D eigenvalue weighted by atomic mass is 9.97. The Hall–Kier alpha value is -2.75. The number of pyridine rings is 1. The number of hydrogen-bond donors (Lipinski definition) is 2. The van der Waals surface area contributed by atoms with Gasteiger partial charge < -0.3 is 10.6 Å². The zero-order valence-electron chi connectivity index (χ0n) is 18.5. The van der Waals surface area contributed by atoms with Gasteiger partial charge in [0.2, 0.25) is 15.9 Å². The highest BCUT2D eigenvalue weighted by Gasteiger charge is 2.31. The number of fused-ring (bicyclic) bond motifs is 1. The van der Waals surface area contributed by atoms with Gasteiger partial charge in [0.15, 0.2) is 0 Å². The second-order valence-electron chi connectivity index (χ2n) is 8.22. The van der Waals surface area contributed by atoms with Crippen LogP contribution in [0.1, 0.15) is 19.3 Å². The number of carbonyl (C=O) groups excluding carboxylic acids is 1. The number of benzene rings is 2. The Labute approximate surface area is 203 Å². The maximum atomic E-state index is 13.1. The molecule has 4 rings (SSSR count). The highest BCUT2D eigenvalue weighted by molar-refractivity contribution is 7.89. The van der Waals surface area contributed by atoms with Crippen molar-refractivity contribution >= 4 is 44.1 Å². The van der Waals surface area contributed by atoms with Crippen molar-refractivity contribution in [1.82, 2.24) is 14.6 Å². The lowest BCUT2D eigenvalue weighted by Gasteiger charge is -2.30. The molecule has 0 aliphatic carbocycles. The van der Waals surface area contributed by atoms with Crippen LogP contribution in [0.15, 0.2) is 59.6 Å². The second-order valence-corrected chi connectivity index (χ2v) is 10.6. The van der Waals surface area contributed by atoms with Crippen LogP contribution in [-0.2, 0) is 14.8 Å². The number of carbonyl (C=O) groups is 1. The third-order valence-electron chi connectivity index (χ3n) is 5.95. The zero-order valence-corrected chi connectivity index (χ0v) is 20.1. The van der Waals surface area contributed by atoms with Crippen LogP contribution in [0.5, 0.6) is 0 Å². The molecule has 3 aromatic rings. The molecule has 0 unspecified atom stereocenters. The molecule has 1 aliphatic heterocycles. The lowest BCUT2D eigenvalue weighted by molar-refractivity contribution is -0.126. The van der Waals surface area contributed by atoms with Gasteiger partial charge in [0.25, 0.3) is 0 Å². The Bertz CT molecular complexity index is 1260. The summed E-state index contributed by atoms with van der Waals surface area (Å²) in [6, 6.07) is 12.3. The van der Waals surface area contributed by atoms with Crippen molar-refractivity contribution in [2.75, 3.05) is 31.5 Å². The third kappa shape index (κ3) is 5.65. The first-order valence-corrected chi connectivity index (χ1v) is 13.0. The number of nitrogens with one attached hydrogen (secondary N) is 2. The molecule has 34 heavy (non-hydrogen) atoms. The van der Waals surface area contributed by atoms with Gasteiger partial charge in [-0.2, -0.15) is 4.31 Å². The summed E-state index contributed by atoms with van der Waals surface area (Å²) >= 11 is 6.03.